The molecule has 1 fully saturated rings. The van der Waals surface area contributed by atoms with Gasteiger partial charge in [-0.25, -0.2) is 0 Å². The van der Waals surface area contributed by atoms with Crippen molar-refractivity contribution in [2.45, 2.75) is 25.7 Å². The Kier molecular flexibility index (Phi) is 3.97. The van der Waals surface area contributed by atoms with Crippen LogP contribution in [-0.2, 0) is 0 Å². The Balaban J connectivity index is 2.24. The lowest BCUT2D eigenvalue weighted by Gasteiger charge is -2.21. The van der Waals surface area contributed by atoms with Gasteiger partial charge in [0.25, 0.3) is 5.91 Å². The second-order valence-electron chi connectivity index (χ2n) is 4.62. The Labute approximate surface area is 107 Å². The number of nitrogens with two attached hydrogens (primary N) is 1. The summed E-state index contributed by atoms with van der Waals surface area (Å²) in [6, 6.07) is 6.76. The zero-order valence-corrected chi connectivity index (χ0v) is 10.4. The fourth-order valence-corrected chi connectivity index (χ4v) is 2.33. The van der Waals surface area contributed by atoms with Crippen LogP contribution in [0, 0.1) is 0 Å². The highest BCUT2D eigenvalue weighted by molar-refractivity contribution is 6.06. The monoisotopic (exact) mass is 246 g/mol. The van der Waals surface area contributed by atoms with Crippen molar-refractivity contribution in [3.8, 4) is 0 Å². The van der Waals surface area contributed by atoms with Gasteiger partial charge < -0.3 is 10.6 Å². The lowest BCUT2D eigenvalue weighted by molar-refractivity contribution is 0.0756. The normalized spacial score (nSPS) is 16.1. The molecule has 4 heteroatoms. The molecule has 0 bridgehead atoms. The summed E-state index contributed by atoms with van der Waals surface area (Å²) in [5, 5.41) is 0. The number of carbonyl (C=O) groups excluding carboxylic acids is 2. The molecule has 1 aromatic rings. The molecule has 0 spiro atoms. The summed E-state index contributed by atoms with van der Waals surface area (Å²) in [4.78, 5) is 25.6. The van der Waals surface area contributed by atoms with E-state index in [9.17, 15) is 9.59 Å². The van der Waals surface area contributed by atoms with Crippen molar-refractivity contribution in [1.82, 2.24) is 4.90 Å². The number of benzene rings is 1. The van der Waals surface area contributed by atoms with Crippen LogP contribution in [0.1, 0.15) is 46.4 Å². The number of amides is 2. The van der Waals surface area contributed by atoms with Crippen LogP contribution in [0.4, 0.5) is 0 Å². The van der Waals surface area contributed by atoms with E-state index in [1.165, 1.54) is 12.8 Å². The van der Waals surface area contributed by atoms with E-state index in [-0.39, 0.29) is 5.91 Å². The second-order valence-corrected chi connectivity index (χ2v) is 4.62. The summed E-state index contributed by atoms with van der Waals surface area (Å²) in [7, 11) is 0. The lowest BCUT2D eigenvalue weighted by Crippen LogP contribution is -2.33. The fourth-order valence-electron chi connectivity index (χ4n) is 2.33. The SMILES string of the molecule is NC(=O)c1ccccc1C(=O)N1CCCCCC1. The first-order chi connectivity index (χ1) is 8.70. The van der Waals surface area contributed by atoms with Crippen molar-refractivity contribution in [2.24, 2.45) is 5.73 Å². The molecule has 2 amide bonds. The van der Waals surface area contributed by atoms with Crippen LogP contribution in [0.15, 0.2) is 24.3 Å². The molecule has 1 heterocycles. The Bertz CT molecular complexity index is 449. The molecule has 96 valence electrons. The minimum Gasteiger partial charge on any atom is -0.366 e. The van der Waals surface area contributed by atoms with Crippen LogP contribution < -0.4 is 5.73 Å². The molecule has 0 unspecified atom stereocenters. The first-order valence-corrected chi connectivity index (χ1v) is 6.38. The van der Waals surface area contributed by atoms with Crippen LogP contribution >= 0.6 is 0 Å². The van der Waals surface area contributed by atoms with Crippen molar-refractivity contribution < 1.29 is 9.59 Å². The summed E-state index contributed by atoms with van der Waals surface area (Å²) < 4.78 is 0. The number of likely N-dealkylation sites (tertiary alicyclic amines) is 1. The summed E-state index contributed by atoms with van der Waals surface area (Å²) in [5.41, 5.74) is 6.04. The number of nitrogens with zero attached hydrogens (tertiary/aromatic N) is 1. The van der Waals surface area contributed by atoms with E-state index in [1.54, 1.807) is 24.3 Å². The molecule has 0 atom stereocenters. The van der Waals surface area contributed by atoms with Gasteiger partial charge in [-0.3, -0.25) is 9.59 Å². The maximum absolute atomic E-state index is 12.4. The van der Waals surface area contributed by atoms with Crippen molar-refractivity contribution in [3.63, 3.8) is 0 Å². The van der Waals surface area contributed by atoms with Gasteiger partial charge in [-0.05, 0) is 25.0 Å². The molecule has 0 aliphatic carbocycles. The Morgan fingerprint density at radius 1 is 0.944 bits per heavy atom. The van der Waals surface area contributed by atoms with E-state index in [4.69, 9.17) is 5.73 Å². The van der Waals surface area contributed by atoms with E-state index in [2.05, 4.69) is 0 Å². The molecule has 0 saturated carbocycles. The number of carbonyl (C=O) groups is 2. The quantitative estimate of drug-likeness (QED) is 0.864. The molecule has 4 nitrogen and oxygen atoms in total. The maximum atomic E-state index is 12.4. The predicted octanol–water partition coefficient (Wildman–Crippen LogP) is 1.80. The van der Waals surface area contributed by atoms with Crippen LogP contribution in [0.2, 0.25) is 0 Å². The molecular formula is C14H18N2O2. The van der Waals surface area contributed by atoms with Gasteiger partial charge in [0.2, 0.25) is 5.91 Å². The van der Waals surface area contributed by atoms with E-state index in [1.807, 2.05) is 4.90 Å². The van der Waals surface area contributed by atoms with Gasteiger partial charge in [0.1, 0.15) is 0 Å². The third kappa shape index (κ3) is 2.70. The molecule has 1 saturated heterocycles. The highest BCUT2D eigenvalue weighted by Gasteiger charge is 2.21. The number of hydrogen-bond donors (Lipinski definition) is 1. The summed E-state index contributed by atoms with van der Waals surface area (Å²) >= 11 is 0. The minimum absolute atomic E-state index is 0.0775. The van der Waals surface area contributed by atoms with Crippen molar-refractivity contribution >= 4 is 11.8 Å². The standard InChI is InChI=1S/C14H18N2O2/c15-13(17)11-7-3-4-8-12(11)14(18)16-9-5-1-2-6-10-16/h3-4,7-8H,1-2,5-6,9-10H2,(H2,15,17). The minimum atomic E-state index is -0.547. The van der Waals surface area contributed by atoms with Crippen LogP contribution in [0.5, 0.6) is 0 Å². The second kappa shape index (κ2) is 5.67. The van der Waals surface area contributed by atoms with Gasteiger partial charge in [-0.2, -0.15) is 0 Å². The van der Waals surface area contributed by atoms with E-state index in [0.717, 1.165) is 25.9 Å². The highest BCUT2D eigenvalue weighted by Crippen LogP contribution is 2.16. The van der Waals surface area contributed by atoms with Gasteiger partial charge >= 0.3 is 0 Å². The molecule has 0 aromatic heterocycles. The average Bonchev–Trinajstić information content (AvgIpc) is 2.66. The maximum Gasteiger partial charge on any atom is 0.254 e. The smallest absolute Gasteiger partial charge is 0.254 e. The molecule has 1 aromatic carbocycles. The summed E-state index contributed by atoms with van der Waals surface area (Å²) in [5.74, 6) is -0.625. The Morgan fingerprint density at radius 3 is 2.06 bits per heavy atom. The van der Waals surface area contributed by atoms with E-state index in [0.29, 0.717) is 11.1 Å². The first kappa shape index (κ1) is 12.6. The fraction of sp³-hybridized carbons (Fsp3) is 0.429. The van der Waals surface area contributed by atoms with Crippen LogP contribution in [-0.4, -0.2) is 29.8 Å². The van der Waals surface area contributed by atoms with Crippen molar-refractivity contribution in [2.75, 3.05) is 13.1 Å². The zero-order valence-electron chi connectivity index (χ0n) is 10.4. The number of primary amides is 1. The van der Waals surface area contributed by atoms with Crippen LogP contribution in [0.3, 0.4) is 0 Å². The van der Waals surface area contributed by atoms with Gasteiger partial charge in [0, 0.05) is 13.1 Å². The molecule has 1 aliphatic heterocycles. The lowest BCUT2D eigenvalue weighted by atomic mass is 10.1. The van der Waals surface area contributed by atoms with Gasteiger partial charge in [-0.15, -0.1) is 0 Å². The molecular weight excluding hydrogens is 228 g/mol. The number of hydrogen-bond acceptors (Lipinski definition) is 2. The van der Waals surface area contributed by atoms with Gasteiger partial charge in [0.05, 0.1) is 11.1 Å². The Morgan fingerprint density at radius 2 is 1.50 bits per heavy atom. The van der Waals surface area contributed by atoms with Gasteiger partial charge in [-0.1, -0.05) is 25.0 Å². The largest absolute Gasteiger partial charge is 0.366 e. The van der Waals surface area contributed by atoms with Crippen molar-refractivity contribution in [1.29, 1.82) is 0 Å². The summed E-state index contributed by atoms with van der Waals surface area (Å²) in [6.07, 6.45) is 4.40. The predicted molar refractivity (Wildman–Crippen MR) is 69.3 cm³/mol. The highest BCUT2D eigenvalue weighted by atomic mass is 16.2. The van der Waals surface area contributed by atoms with E-state index >= 15 is 0 Å². The summed E-state index contributed by atoms with van der Waals surface area (Å²) in [6.45, 7) is 1.54. The van der Waals surface area contributed by atoms with E-state index < -0.39 is 5.91 Å². The third-order valence-electron chi connectivity index (χ3n) is 3.32. The topological polar surface area (TPSA) is 63.4 Å². The third-order valence-corrected chi connectivity index (χ3v) is 3.32. The molecule has 0 radical (unpaired) electrons. The molecule has 2 rings (SSSR count). The van der Waals surface area contributed by atoms with Gasteiger partial charge in [0.15, 0.2) is 0 Å². The van der Waals surface area contributed by atoms with Crippen molar-refractivity contribution in [3.05, 3.63) is 35.4 Å². The van der Waals surface area contributed by atoms with Crippen LogP contribution in [0.25, 0.3) is 0 Å². The molecule has 1 aliphatic rings. The number of rotatable bonds is 2. The molecule has 2 N–H and O–H groups in total. The Hall–Kier alpha value is -1.84. The first-order valence-electron chi connectivity index (χ1n) is 6.38. The molecule has 18 heavy (non-hydrogen) atoms. The average molecular weight is 246 g/mol. The zero-order chi connectivity index (χ0) is 13.0.